The van der Waals surface area contributed by atoms with E-state index in [-0.39, 0.29) is 18.4 Å². The minimum Gasteiger partial charge on any atom is -0.488 e. The van der Waals surface area contributed by atoms with E-state index < -0.39 is 29.6 Å². The summed E-state index contributed by atoms with van der Waals surface area (Å²) in [6, 6.07) is 13.5. The fourth-order valence-electron chi connectivity index (χ4n) is 3.73. The van der Waals surface area contributed by atoms with E-state index in [1.54, 1.807) is 54.7 Å². The van der Waals surface area contributed by atoms with Crippen LogP contribution in [0.5, 0.6) is 11.5 Å². The second-order valence-corrected chi connectivity index (χ2v) is 7.89. The van der Waals surface area contributed by atoms with Gasteiger partial charge in [-0.05, 0) is 59.7 Å². The first-order valence-electron chi connectivity index (χ1n) is 10.8. The summed E-state index contributed by atoms with van der Waals surface area (Å²) < 4.78 is 88.8. The van der Waals surface area contributed by atoms with Crippen LogP contribution in [0.25, 0.3) is 22.0 Å². The first-order chi connectivity index (χ1) is 17.1. The molecule has 0 bridgehead atoms. The molecule has 0 aliphatic carbocycles. The zero-order valence-electron chi connectivity index (χ0n) is 18.7. The van der Waals surface area contributed by atoms with Crippen LogP contribution in [0.2, 0.25) is 0 Å². The van der Waals surface area contributed by atoms with E-state index >= 15 is 4.39 Å². The van der Waals surface area contributed by atoms with Gasteiger partial charge in [-0.1, -0.05) is 36.9 Å². The Morgan fingerprint density at radius 2 is 1.64 bits per heavy atom. The molecule has 3 aromatic carbocycles. The van der Waals surface area contributed by atoms with E-state index in [1.165, 1.54) is 0 Å². The number of halogens is 6. The van der Waals surface area contributed by atoms with E-state index in [0.717, 1.165) is 17.7 Å². The standard InChI is InChI=1S/C27H19F6NO2/c1-2-11-35-20-8-10-24(34-15-20)19-7-9-21-18(14-19)6-5-17(25(21)30)4-3-16-12-22(28)26(23(29)13-16)36-27(31,32)33/h2,5-10,12-15H,1,3-4,11H2. The number of fused-ring (bicyclic) bond motifs is 1. The minimum absolute atomic E-state index is 0.00480. The van der Waals surface area contributed by atoms with Crippen LogP contribution in [0.1, 0.15) is 11.1 Å². The van der Waals surface area contributed by atoms with E-state index in [0.29, 0.717) is 34.4 Å². The molecule has 0 spiro atoms. The quantitative estimate of drug-likeness (QED) is 0.184. The molecule has 0 aliphatic heterocycles. The third-order valence-corrected chi connectivity index (χ3v) is 5.39. The van der Waals surface area contributed by atoms with Crippen molar-refractivity contribution >= 4 is 10.8 Å². The summed E-state index contributed by atoms with van der Waals surface area (Å²) in [5, 5.41) is 0.988. The highest BCUT2D eigenvalue weighted by atomic mass is 19.4. The van der Waals surface area contributed by atoms with Crippen molar-refractivity contribution < 1.29 is 35.8 Å². The van der Waals surface area contributed by atoms with Crippen molar-refractivity contribution in [2.24, 2.45) is 0 Å². The monoisotopic (exact) mass is 503 g/mol. The maximum atomic E-state index is 15.2. The molecule has 9 heteroatoms. The molecular formula is C27H19F6NO2. The lowest BCUT2D eigenvalue weighted by atomic mass is 9.98. The predicted octanol–water partition coefficient (Wildman–Crippen LogP) is 7.57. The summed E-state index contributed by atoms with van der Waals surface area (Å²) in [6.07, 6.45) is -1.93. The fraction of sp³-hybridized carbons (Fsp3) is 0.148. The Morgan fingerprint density at radius 1 is 0.889 bits per heavy atom. The van der Waals surface area contributed by atoms with Crippen LogP contribution in [0, 0.1) is 17.5 Å². The average molecular weight is 503 g/mol. The first kappa shape index (κ1) is 25.1. The van der Waals surface area contributed by atoms with Crippen LogP contribution in [-0.2, 0) is 12.8 Å². The lowest BCUT2D eigenvalue weighted by Crippen LogP contribution is -2.19. The van der Waals surface area contributed by atoms with Crippen LogP contribution in [0.4, 0.5) is 26.3 Å². The number of aromatic nitrogens is 1. The van der Waals surface area contributed by atoms with Crippen molar-refractivity contribution in [3.63, 3.8) is 0 Å². The molecule has 1 aromatic heterocycles. The minimum atomic E-state index is -5.23. The topological polar surface area (TPSA) is 31.4 Å². The molecule has 0 saturated heterocycles. The van der Waals surface area contributed by atoms with Crippen molar-refractivity contribution in [1.29, 1.82) is 0 Å². The second kappa shape index (κ2) is 10.3. The SMILES string of the molecule is C=CCOc1ccc(-c2ccc3c(F)c(CCc4cc(F)c(OC(F)(F)F)c(F)c4)ccc3c2)nc1. The van der Waals surface area contributed by atoms with Crippen LogP contribution in [-0.4, -0.2) is 18.0 Å². The number of alkyl halides is 3. The molecule has 36 heavy (non-hydrogen) atoms. The van der Waals surface area contributed by atoms with Gasteiger partial charge < -0.3 is 9.47 Å². The normalized spacial score (nSPS) is 11.5. The molecule has 0 amide bonds. The molecule has 4 aromatic rings. The summed E-state index contributed by atoms with van der Waals surface area (Å²) in [7, 11) is 0. The molecule has 0 fully saturated rings. The van der Waals surface area contributed by atoms with Crippen molar-refractivity contribution in [3.8, 4) is 22.8 Å². The largest absolute Gasteiger partial charge is 0.573 e. The van der Waals surface area contributed by atoms with Gasteiger partial charge in [-0.25, -0.2) is 13.2 Å². The number of ether oxygens (including phenoxy) is 2. The zero-order valence-corrected chi connectivity index (χ0v) is 18.7. The Hall–Kier alpha value is -4.01. The van der Waals surface area contributed by atoms with Crippen molar-refractivity contribution in [3.05, 3.63) is 102 Å². The Kier molecular flexibility index (Phi) is 7.19. The molecule has 0 radical (unpaired) electrons. The van der Waals surface area contributed by atoms with Crippen LogP contribution in [0.15, 0.2) is 73.4 Å². The average Bonchev–Trinajstić information content (AvgIpc) is 2.84. The molecule has 3 nitrogen and oxygen atoms in total. The number of nitrogens with zero attached hydrogens (tertiary/aromatic N) is 1. The number of hydrogen-bond acceptors (Lipinski definition) is 3. The van der Waals surface area contributed by atoms with Crippen molar-refractivity contribution in [2.45, 2.75) is 19.2 Å². The Morgan fingerprint density at radius 3 is 2.28 bits per heavy atom. The lowest BCUT2D eigenvalue weighted by molar-refractivity contribution is -0.276. The Balaban J connectivity index is 1.51. The number of benzene rings is 3. The highest BCUT2D eigenvalue weighted by Gasteiger charge is 2.34. The van der Waals surface area contributed by atoms with E-state index in [4.69, 9.17) is 4.74 Å². The number of pyridine rings is 1. The smallest absolute Gasteiger partial charge is 0.488 e. The zero-order chi connectivity index (χ0) is 25.9. The van der Waals surface area contributed by atoms with Gasteiger partial charge in [-0.3, -0.25) is 4.98 Å². The van der Waals surface area contributed by atoms with Gasteiger partial charge in [0.25, 0.3) is 0 Å². The second-order valence-electron chi connectivity index (χ2n) is 7.89. The molecule has 0 N–H and O–H groups in total. The Labute approximate surface area is 202 Å². The molecule has 1 heterocycles. The van der Waals surface area contributed by atoms with Gasteiger partial charge in [0.2, 0.25) is 5.75 Å². The van der Waals surface area contributed by atoms with Crippen LogP contribution in [0.3, 0.4) is 0 Å². The molecule has 0 saturated carbocycles. The van der Waals surface area contributed by atoms with Gasteiger partial charge in [-0.2, -0.15) is 0 Å². The fourth-order valence-corrected chi connectivity index (χ4v) is 3.73. The van der Waals surface area contributed by atoms with E-state index in [1.807, 2.05) is 0 Å². The van der Waals surface area contributed by atoms with Gasteiger partial charge in [0.1, 0.15) is 18.2 Å². The summed E-state index contributed by atoms with van der Waals surface area (Å²) in [4.78, 5) is 4.37. The molecule has 0 atom stereocenters. The predicted molar refractivity (Wildman–Crippen MR) is 123 cm³/mol. The van der Waals surface area contributed by atoms with Gasteiger partial charge in [-0.15, -0.1) is 13.2 Å². The highest BCUT2D eigenvalue weighted by molar-refractivity contribution is 5.88. The summed E-state index contributed by atoms with van der Waals surface area (Å²) >= 11 is 0. The van der Waals surface area contributed by atoms with Gasteiger partial charge >= 0.3 is 6.36 Å². The maximum Gasteiger partial charge on any atom is 0.573 e. The van der Waals surface area contributed by atoms with Crippen molar-refractivity contribution in [1.82, 2.24) is 4.98 Å². The molecule has 0 aliphatic rings. The Bertz CT molecular complexity index is 1380. The van der Waals surface area contributed by atoms with Crippen LogP contribution < -0.4 is 9.47 Å². The third-order valence-electron chi connectivity index (χ3n) is 5.39. The molecular weight excluding hydrogens is 484 g/mol. The highest BCUT2D eigenvalue weighted by Crippen LogP contribution is 2.31. The number of aryl methyl sites for hydroxylation is 2. The molecule has 186 valence electrons. The van der Waals surface area contributed by atoms with Gasteiger partial charge in [0, 0.05) is 10.9 Å². The summed E-state index contributed by atoms with van der Waals surface area (Å²) in [6.45, 7) is 3.95. The summed E-state index contributed by atoms with van der Waals surface area (Å²) in [5.74, 6) is -4.38. The van der Waals surface area contributed by atoms with E-state index in [2.05, 4.69) is 16.3 Å². The van der Waals surface area contributed by atoms with E-state index in [9.17, 15) is 22.0 Å². The maximum absolute atomic E-state index is 15.2. The van der Waals surface area contributed by atoms with Gasteiger partial charge in [0.15, 0.2) is 11.6 Å². The third kappa shape index (κ3) is 5.79. The first-order valence-corrected chi connectivity index (χ1v) is 10.8. The molecule has 4 rings (SSSR count). The van der Waals surface area contributed by atoms with Crippen LogP contribution >= 0.6 is 0 Å². The number of rotatable bonds is 8. The number of hydrogen-bond donors (Lipinski definition) is 0. The summed E-state index contributed by atoms with van der Waals surface area (Å²) in [5.41, 5.74) is 1.82. The van der Waals surface area contributed by atoms with Crippen molar-refractivity contribution in [2.75, 3.05) is 6.61 Å². The van der Waals surface area contributed by atoms with Gasteiger partial charge in [0.05, 0.1) is 11.9 Å². The molecule has 0 unspecified atom stereocenters. The lowest BCUT2D eigenvalue weighted by Gasteiger charge is -2.12.